The van der Waals surface area contributed by atoms with Crippen LogP contribution in [0.1, 0.15) is 45.7 Å². The Morgan fingerprint density at radius 2 is 1.84 bits per heavy atom. The van der Waals surface area contributed by atoms with E-state index >= 15 is 0 Å². The van der Waals surface area contributed by atoms with Crippen molar-refractivity contribution in [2.75, 3.05) is 13.7 Å². The van der Waals surface area contributed by atoms with Gasteiger partial charge in [-0.3, -0.25) is 4.79 Å². The number of rotatable bonds is 5. The summed E-state index contributed by atoms with van der Waals surface area (Å²) >= 11 is 0. The topological polar surface area (TPSA) is 56.8 Å². The van der Waals surface area contributed by atoms with Crippen LogP contribution in [0.5, 0.6) is 5.75 Å². The van der Waals surface area contributed by atoms with E-state index < -0.39 is 18.3 Å². The van der Waals surface area contributed by atoms with Gasteiger partial charge in [0.2, 0.25) is 5.91 Å². The molecule has 0 unspecified atom stereocenters. The van der Waals surface area contributed by atoms with E-state index in [1.165, 1.54) is 6.92 Å². The molecule has 1 amide bonds. The van der Waals surface area contributed by atoms with E-state index in [1.807, 2.05) is 58.9 Å². The first-order valence-corrected chi connectivity index (χ1v) is 8.51. The molecular formula is C19H28BNO4. The number of benzene rings is 1. The average molecular weight is 345 g/mol. The summed E-state index contributed by atoms with van der Waals surface area (Å²) in [6.07, 6.45) is 2.02. The Morgan fingerprint density at radius 3 is 2.32 bits per heavy atom. The highest BCUT2D eigenvalue weighted by Crippen LogP contribution is 2.38. The fourth-order valence-corrected chi connectivity index (χ4v) is 2.56. The zero-order valence-corrected chi connectivity index (χ0v) is 16.2. The van der Waals surface area contributed by atoms with E-state index in [1.54, 1.807) is 7.11 Å². The quantitative estimate of drug-likeness (QED) is 0.833. The lowest BCUT2D eigenvalue weighted by Gasteiger charge is -2.32. The molecule has 6 heteroatoms. The van der Waals surface area contributed by atoms with Crippen molar-refractivity contribution < 1.29 is 18.8 Å². The van der Waals surface area contributed by atoms with Gasteiger partial charge in [0, 0.05) is 13.5 Å². The van der Waals surface area contributed by atoms with Crippen LogP contribution in [0, 0.1) is 6.92 Å². The van der Waals surface area contributed by atoms with E-state index in [9.17, 15) is 4.79 Å². The third-order valence-corrected chi connectivity index (χ3v) is 4.92. The number of carbonyl (C=O) groups excluding carboxylic acids is 1. The Hall–Kier alpha value is -1.79. The van der Waals surface area contributed by atoms with Gasteiger partial charge in [0.15, 0.2) is 0 Å². The Labute approximate surface area is 150 Å². The fraction of sp³-hybridized carbons (Fsp3) is 0.526. The van der Waals surface area contributed by atoms with E-state index in [4.69, 9.17) is 14.0 Å². The van der Waals surface area contributed by atoms with Crippen LogP contribution in [0.3, 0.4) is 0 Å². The number of amides is 1. The molecule has 0 atom stereocenters. The van der Waals surface area contributed by atoms with Gasteiger partial charge in [-0.05, 0) is 63.4 Å². The van der Waals surface area contributed by atoms with Crippen LogP contribution in [0.4, 0.5) is 0 Å². The molecule has 1 fully saturated rings. The first-order valence-electron chi connectivity index (χ1n) is 8.51. The molecule has 1 heterocycles. The van der Waals surface area contributed by atoms with Crippen molar-refractivity contribution in [3.63, 3.8) is 0 Å². The smallest absolute Gasteiger partial charge is 0.492 e. The van der Waals surface area contributed by atoms with Gasteiger partial charge in [0.25, 0.3) is 0 Å². The Morgan fingerprint density at radius 1 is 1.24 bits per heavy atom. The summed E-state index contributed by atoms with van der Waals surface area (Å²) in [5.74, 6) is 0.725. The summed E-state index contributed by atoms with van der Waals surface area (Å²) in [6, 6.07) is 5.89. The second kappa shape index (κ2) is 7.22. The first kappa shape index (κ1) is 19.5. The number of aryl methyl sites for hydroxylation is 1. The van der Waals surface area contributed by atoms with Crippen molar-refractivity contribution in [3.8, 4) is 5.75 Å². The van der Waals surface area contributed by atoms with E-state index in [-0.39, 0.29) is 5.91 Å². The SMILES string of the molecule is COc1ccc(C=C(CNC(C)=O)B2OC(C)(C)C(C)(C)O2)c(C)c1. The molecule has 1 aliphatic rings. The summed E-state index contributed by atoms with van der Waals surface area (Å²) in [7, 11) is 1.15. The maximum absolute atomic E-state index is 11.4. The Balaban J connectivity index is 2.35. The van der Waals surface area contributed by atoms with Gasteiger partial charge < -0.3 is 19.4 Å². The molecule has 0 saturated carbocycles. The van der Waals surface area contributed by atoms with Crippen molar-refractivity contribution in [3.05, 3.63) is 34.8 Å². The summed E-state index contributed by atoms with van der Waals surface area (Å²) in [6.45, 7) is 12.0. The minimum absolute atomic E-state index is 0.0890. The largest absolute Gasteiger partial charge is 0.497 e. The van der Waals surface area contributed by atoms with Gasteiger partial charge in [-0.15, -0.1) is 0 Å². The first-order chi connectivity index (χ1) is 11.6. The van der Waals surface area contributed by atoms with Crippen LogP contribution in [-0.2, 0) is 14.1 Å². The lowest BCUT2D eigenvalue weighted by Crippen LogP contribution is -2.41. The molecule has 1 aromatic carbocycles. The van der Waals surface area contributed by atoms with Gasteiger partial charge in [-0.2, -0.15) is 0 Å². The molecule has 1 aromatic rings. The maximum Gasteiger partial charge on any atom is 0.492 e. The van der Waals surface area contributed by atoms with Gasteiger partial charge in [0.1, 0.15) is 5.75 Å². The van der Waals surface area contributed by atoms with Gasteiger partial charge >= 0.3 is 7.12 Å². The molecule has 0 spiro atoms. The molecule has 0 aliphatic carbocycles. The second-order valence-electron chi connectivity index (χ2n) is 7.44. The predicted octanol–water partition coefficient (Wildman–Crippen LogP) is 3.15. The van der Waals surface area contributed by atoms with E-state index in [0.29, 0.717) is 6.54 Å². The summed E-state index contributed by atoms with van der Waals surface area (Å²) in [4.78, 5) is 11.4. The summed E-state index contributed by atoms with van der Waals surface area (Å²) in [5.41, 5.74) is 2.14. The van der Waals surface area contributed by atoms with Crippen molar-refractivity contribution in [2.24, 2.45) is 0 Å². The molecule has 0 aromatic heterocycles. The van der Waals surface area contributed by atoms with Crippen LogP contribution in [0.15, 0.2) is 23.7 Å². The molecule has 5 nitrogen and oxygen atoms in total. The van der Waals surface area contributed by atoms with Gasteiger partial charge in [0.05, 0.1) is 18.3 Å². The molecule has 2 rings (SSSR count). The number of carbonyl (C=O) groups is 1. The summed E-state index contributed by atoms with van der Waals surface area (Å²) in [5, 5.41) is 2.85. The molecule has 136 valence electrons. The minimum Gasteiger partial charge on any atom is -0.497 e. The normalized spacial score (nSPS) is 19.0. The zero-order valence-electron chi connectivity index (χ0n) is 16.2. The monoisotopic (exact) mass is 345 g/mol. The Kier molecular flexibility index (Phi) is 5.64. The number of nitrogens with one attached hydrogen (secondary N) is 1. The molecule has 0 radical (unpaired) electrons. The highest BCUT2D eigenvalue weighted by atomic mass is 16.7. The maximum atomic E-state index is 11.4. The number of hydrogen-bond acceptors (Lipinski definition) is 4. The van der Waals surface area contributed by atoms with Crippen LogP contribution in [0.2, 0.25) is 0 Å². The van der Waals surface area contributed by atoms with E-state index in [0.717, 1.165) is 22.3 Å². The average Bonchev–Trinajstić information content (AvgIpc) is 2.72. The van der Waals surface area contributed by atoms with Crippen molar-refractivity contribution in [2.45, 2.75) is 52.7 Å². The van der Waals surface area contributed by atoms with Crippen molar-refractivity contribution in [1.29, 1.82) is 0 Å². The molecule has 0 bridgehead atoms. The third-order valence-electron chi connectivity index (χ3n) is 4.92. The Bertz CT molecular complexity index is 666. The van der Waals surface area contributed by atoms with Crippen LogP contribution in [-0.4, -0.2) is 37.9 Å². The van der Waals surface area contributed by atoms with E-state index in [2.05, 4.69) is 5.32 Å². The molecular weight excluding hydrogens is 317 g/mol. The number of ether oxygens (including phenoxy) is 1. The molecule has 1 saturated heterocycles. The second-order valence-corrected chi connectivity index (χ2v) is 7.44. The lowest BCUT2D eigenvalue weighted by molar-refractivity contribution is -0.118. The standard InChI is InChI=1S/C19H28BNO4/c1-13-10-17(23-7)9-8-15(13)11-16(12-21-14(2)22)20-24-18(3,4)19(5,6)25-20/h8-11H,12H2,1-7H3,(H,21,22). The highest BCUT2D eigenvalue weighted by molar-refractivity contribution is 6.56. The van der Waals surface area contributed by atoms with Gasteiger partial charge in [-0.1, -0.05) is 12.1 Å². The van der Waals surface area contributed by atoms with Gasteiger partial charge in [-0.25, -0.2) is 0 Å². The zero-order chi connectivity index (χ0) is 18.8. The number of methoxy groups -OCH3 is 1. The molecule has 25 heavy (non-hydrogen) atoms. The predicted molar refractivity (Wildman–Crippen MR) is 100 cm³/mol. The fourth-order valence-electron chi connectivity index (χ4n) is 2.56. The minimum atomic E-state index is -0.502. The third kappa shape index (κ3) is 4.44. The van der Waals surface area contributed by atoms with Crippen LogP contribution >= 0.6 is 0 Å². The lowest BCUT2D eigenvalue weighted by atomic mass is 9.76. The number of hydrogen-bond donors (Lipinski definition) is 1. The molecule has 1 N–H and O–H groups in total. The van der Waals surface area contributed by atoms with Crippen LogP contribution < -0.4 is 10.1 Å². The van der Waals surface area contributed by atoms with Crippen molar-refractivity contribution in [1.82, 2.24) is 5.32 Å². The van der Waals surface area contributed by atoms with Crippen molar-refractivity contribution >= 4 is 19.1 Å². The molecule has 1 aliphatic heterocycles. The highest BCUT2D eigenvalue weighted by Gasteiger charge is 2.52. The van der Waals surface area contributed by atoms with Crippen LogP contribution in [0.25, 0.3) is 6.08 Å². The summed E-state index contributed by atoms with van der Waals surface area (Å²) < 4.78 is 17.6.